The van der Waals surface area contributed by atoms with Crippen LogP contribution in [0, 0.1) is 0 Å². The predicted octanol–water partition coefficient (Wildman–Crippen LogP) is 1.65. The summed E-state index contributed by atoms with van der Waals surface area (Å²) >= 11 is 2.04. The van der Waals surface area contributed by atoms with Crippen LogP contribution in [-0.4, -0.2) is 48.5 Å². The maximum atomic E-state index is 9.48. The van der Waals surface area contributed by atoms with E-state index in [-0.39, 0.29) is 12.1 Å². The van der Waals surface area contributed by atoms with Crippen LogP contribution in [0.4, 0.5) is 0 Å². The van der Waals surface area contributed by atoms with Crippen molar-refractivity contribution in [3.63, 3.8) is 0 Å². The van der Waals surface area contributed by atoms with Crippen LogP contribution in [0.1, 0.15) is 32.6 Å². The van der Waals surface area contributed by atoms with E-state index in [1.165, 1.54) is 12.2 Å². The lowest BCUT2D eigenvalue weighted by Crippen LogP contribution is -2.46. The van der Waals surface area contributed by atoms with Gasteiger partial charge in [-0.15, -0.1) is 0 Å². The standard InChI is InChI=1S/C12H25NO2S/c1-3-13-12(10-14)6-5-11(9-12)16-8-4-7-15-2/h11,13-14H,3-10H2,1-2H3. The van der Waals surface area contributed by atoms with Crippen LogP contribution in [-0.2, 0) is 4.74 Å². The lowest BCUT2D eigenvalue weighted by atomic mass is 9.99. The molecule has 16 heavy (non-hydrogen) atoms. The molecule has 0 spiro atoms. The molecule has 1 aliphatic carbocycles. The van der Waals surface area contributed by atoms with E-state index in [1.807, 2.05) is 11.8 Å². The topological polar surface area (TPSA) is 41.5 Å². The largest absolute Gasteiger partial charge is 0.394 e. The summed E-state index contributed by atoms with van der Waals surface area (Å²) in [5.74, 6) is 1.17. The lowest BCUT2D eigenvalue weighted by Gasteiger charge is -2.28. The van der Waals surface area contributed by atoms with Crippen molar-refractivity contribution in [3.8, 4) is 0 Å². The van der Waals surface area contributed by atoms with Gasteiger partial charge in [-0.1, -0.05) is 6.92 Å². The number of methoxy groups -OCH3 is 1. The number of aliphatic hydroxyl groups is 1. The van der Waals surface area contributed by atoms with E-state index >= 15 is 0 Å². The first-order valence-corrected chi connectivity index (χ1v) is 7.27. The van der Waals surface area contributed by atoms with Gasteiger partial charge < -0.3 is 15.2 Å². The van der Waals surface area contributed by atoms with Crippen molar-refractivity contribution in [3.05, 3.63) is 0 Å². The van der Waals surface area contributed by atoms with Gasteiger partial charge in [-0.3, -0.25) is 0 Å². The summed E-state index contributed by atoms with van der Waals surface area (Å²) in [6.45, 7) is 4.19. The molecule has 4 heteroatoms. The van der Waals surface area contributed by atoms with E-state index in [0.717, 1.165) is 32.4 Å². The van der Waals surface area contributed by atoms with E-state index < -0.39 is 0 Å². The van der Waals surface area contributed by atoms with Crippen molar-refractivity contribution in [2.45, 2.75) is 43.4 Å². The monoisotopic (exact) mass is 247 g/mol. The second-order valence-corrected chi connectivity index (χ2v) is 5.96. The molecule has 0 aromatic rings. The second kappa shape index (κ2) is 7.54. The Hall–Kier alpha value is 0.230. The quantitative estimate of drug-likeness (QED) is 0.640. The Balaban J connectivity index is 2.22. The number of hydrogen-bond acceptors (Lipinski definition) is 4. The number of thioether (sulfide) groups is 1. The van der Waals surface area contributed by atoms with Gasteiger partial charge in [-0.05, 0) is 38.0 Å². The zero-order valence-electron chi connectivity index (χ0n) is 10.5. The van der Waals surface area contributed by atoms with E-state index in [4.69, 9.17) is 4.74 Å². The van der Waals surface area contributed by atoms with Crippen LogP contribution in [0.25, 0.3) is 0 Å². The number of nitrogens with one attached hydrogen (secondary N) is 1. The van der Waals surface area contributed by atoms with Gasteiger partial charge in [0.15, 0.2) is 0 Å². The molecule has 0 heterocycles. The molecule has 0 saturated heterocycles. The van der Waals surface area contributed by atoms with Gasteiger partial charge in [-0.25, -0.2) is 0 Å². The summed E-state index contributed by atoms with van der Waals surface area (Å²) in [5, 5.41) is 13.6. The Morgan fingerprint density at radius 1 is 1.56 bits per heavy atom. The summed E-state index contributed by atoms with van der Waals surface area (Å²) in [4.78, 5) is 0. The maximum Gasteiger partial charge on any atom is 0.0613 e. The SMILES string of the molecule is CCNC1(CO)CCC(SCCCOC)C1. The second-order valence-electron chi connectivity index (χ2n) is 4.55. The van der Waals surface area contributed by atoms with Crippen molar-refractivity contribution < 1.29 is 9.84 Å². The minimum Gasteiger partial charge on any atom is -0.394 e. The zero-order valence-corrected chi connectivity index (χ0v) is 11.3. The van der Waals surface area contributed by atoms with Gasteiger partial charge in [-0.2, -0.15) is 11.8 Å². The highest BCUT2D eigenvalue weighted by Crippen LogP contribution is 2.37. The fourth-order valence-corrected chi connectivity index (χ4v) is 3.75. The van der Waals surface area contributed by atoms with Gasteiger partial charge in [0.1, 0.15) is 0 Å². The Morgan fingerprint density at radius 2 is 2.38 bits per heavy atom. The number of likely N-dealkylation sites (N-methyl/N-ethyl adjacent to an activating group) is 1. The molecule has 0 bridgehead atoms. The average molecular weight is 247 g/mol. The Bertz CT molecular complexity index is 192. The molecular formula is C12H25NO2S. The summed E-state index contributed by atoms with van der Waals surface area (Å²) in [5.41, 5.74) is 0.00761. The molecule has 1 saturated carbocycles. The summed E-state index contributed by atoms with van der Waals surface area (Å²) in [7, 11) is 1.75. The van der Waals surface area contributed by atoms with E-state index in [0.29, 0.717) is 5.25 Å². The van der Waals surface area contributed by atoms with Gasteiger partial charge in [0, 0.05) is 24.5 Å². The first kappa shape index (κ1) is 14.3. The number of aliphatic hydroxyl groups excluding tert-OH is 1. The van der Waals surface area contributed by atoms with Crippen LogP contribution < -0.4 is 5.32 Å². The van der Waals surface area contributed by atoms with Gasteiger partial charge in [0.05, 0.1) is 6.61 Å². The maximum absolute atomic E-state index is 9.48. The first-order chi connectivity index (χ1) is 7.76. The molecular weight excluding hydrogens is 222 g/mol. The smallest absolute Gasteiger partial charge is 0.0613 e. The van der Waals surface area contributed by atoms with Crippen molar-refractivity contribution in [2.75, 3.05) is 32.6 Å². The molecule has 2 atom stereocenters. The van der Waals surface area contributed by atoms with Gasteiger partial charge >= 0.3 is 0 Å². The van der Waals surface area contributed by atoms with Gasteiger partial charge in [0.25, 0.3) is 0 Å². The third kappa shape index (κ3) is 4.24. The molecule has 1 rings (SSSR count). The Labute approximate surface area is 103 Å². The third-order valence-corrected chi connectivity index (χ3v) is 4.66. The normalized spacial score (nSPS) is 29.8. The van der Waals surface area contributed by atoms with Crippen molar-refractivity contribution in [1.82, 2.24) is 5.32 Å². The molecule has 0 aliphatic heterocycles. The van der Waals surface area contributed by atoms with Crippen molar-refractivity contribution in [1.29, 1.82) is 0 Å². The molecule has 0 aromatic carbocycles. The fourth-order valence-electron chi connectivity index (χ4n) is 2.41. The van der Waals surface area contributed by atoms with Crippen LogP contribution >= 0.6 is 11.8 Å². The minimum absolute atomic E-state index is 0.00761. The molecule has 0 aromatic heterocycles. The minimum atomic E-state index is 0.00761. The zero-order chi connectivity index (χ0) is 11.9. The molecule has 1 aliphatic rings. The van der Waals surface area contributed by atoms with E-state index in [2.05, 4.69) is 12.2 Å². The molecule has 2 unspecified atom stereocenters. The highest BCUT2D eigenvalue weighted by molar-refractivity contribution is 7.99. The van der Waals surface area contributed by atoms with Crippen molar-refractivity contribution >= 4 is 11.8 Å². The first-order valence-electron chi connectivity index (χ1n) is 6.23. The van der Waals surface area contributed by atoms with Crippen LogP contribution in [0.15, 0.2) is 0 Å². The third-order valence-electron chi connectivity index (χ3n) is 3.26. The van der Waals surface area contributed by atoms with E-state index in [9.17, 15) is 5.11 Å². The molecule has 1 fully saturated rings. The van der Waals surface area contributed by atoms with Crippen LogP contribution in [0.3, 0.4) is 0 Å². The molecule has 0 amide bonds. The number of hydrogen-bond donors (Lipinski definition) is 2. The van der Waals surface area contributed by atoms with Gasteiger partial charge in [0.2, 0.25) is 0 Å². The van der Waals surface area contributed by atoms with E-state index in [1.54, 1.807) is 7.11 Å². The Morgan fingerprint density at radius 3 is 3.00 bits per heavy atom. The molecule has 2 N–H and O–H groups in total. The number of ether oxygens (including phenoxy) is 1. The van der Waals surface area contributed by atoms with Crippen LogP contribution in [0.2, 0.25) is 0 Å². The molecule has 3 nitrogen and oxygen atoms in total. The number of rotatable bonds is 8. The summed E-state index contributed by atoms with van der Waals surface area (Å²) in [6.07, 6.45) is 4.57. The lowest BCUT2D eigenvalue weighted by molar-refractivity contribution is 0.167. The summed E-state index contributed by atoms with van der Waals surface area (Å²) < 4.78 is 5.04. The average Bonchev–Trinajstić information content (AvgIpc) is 2.70. The summed E-state index contributed by atoms with van der Waals surface area (Å²) in [6, 6.07) is 0. The highest BCUT2D eigenvalue weighted by atomic mass is 32.2. The molecule has 96 valence electrons. The Kier molecular flexibility index (Phi) is 6.73. The van der Waals surface area contributed by atoms with Crippen LogP contribution in [0.5, 0.6) is 0 Å². The fraction of sp³-hybridized carbons (Fsp3) is 1.00. The predicted molar refractivity (Wildman–Crippen MR) is 70.1 cm³/mol. The van der Waals surface area contributed by atoms with Crippen molar-refractivity contribution in [2.24, 2.45) is 0 Å². The molecule has 0 radical (unpaired) electrons. The highest BCUT2D eigenvalue weighted by Gasteiger charge is 2.37.